The lowest BCUT2D eigenvalue weighted by Gasteiger charge is -2.25. The minimum Gasteiger partial charge on any atom is -0.371 e. The highest BCUT2D eigenvalue weighted by atomic mass is 15.1. The molecule has 0 amide bonds. The minimum absolute atomic E-state index is 0.763. The van der Waals surface area contributed by atoms with E-state index in [1.54, 1.807) is 5.56 Å². The Morgan fingerprint density at radius 3 is 2.81 bits per heavy atom. The molecule has 1 aromatic carbocycles. The molecule has 0 atom stereocenters. The molecule has 21 heavy (non-hydrogen) atoms. The van der Waals surface area contributed by atoms with Crippen LogP contribution in [0.25, 0.3) is 0 Å². The number of fused-ring (bicyclic) bond motifs is 1. The Balaban J connectivity index is 1.68. The normalized spacial score (nSPS) is 15.1. The minimum atomic E-state index is 0.763. The number of unbranched alkanes of at least 4 members (excludes halogenated alkanes) is 2. The molecule has 2 nitrogen and oxygen atoms in total. The van der Waals surface area contributed by atoms with Crippen molar-refractivity contribution in [2.45, 2.75) is 52.4 Å². The quantitative estimate of drug-likeness (QED) is 0.720. The monoisotopic (exact) mass is 288 g/mol. The molecule has 0 fully saturated rings. The summed E-state index contributed by atoms with van der Waals surface area (Å²) in [6.07, 6.45) is 7.90. The third-order valence-electron chi connectivity index (χ3n) is 4.29. The van der Waals surface area contributed by atoms with Crippen molar-refractivity contribution in [1.29, 1.82) is 0 Å². The third-order valence-corrected chi connectivity index (χ3v) is 4.29. The van der Waals surface area contributed by atoms with Crippen LogP contribution >= 0.6 is 0 Å². The van der Waals surface area contributed by atoms with Crippen LogP contribution < -0.4 is 10.2 Å². The van der Waals surface area contributed by atoms with Crippen LogP contribution in [0.2, 0.25) is 0 Å². The average molecular weight is 288 g/mol. The molecule has 1 N–H and O–H groups in total. The summed E-state index contributed by atoms with van der Waals surface area (Å²) in [6.45, 7) is 9.33. The van der Waals surface area contributed by atoms with Crippen molar-refractivity contribution in [3.05, 3.63) is 29.8 Å². The van der Waals surface area contributed by atoms with Gasteiger partial charge in [0.2, 0.25) is 0 Å². The Morgan fingerprint density at radius 1 is 1.10 bits per heavy atom. The number of para-hydroxylation sites is 1. The van der Waals surface area contributed by atoms with Gasteiger partial charge >= 0.3 is 0 Å². The Kier molecular flexibility index (Phi) is 7.08. The summed E-state index contributed by atoms with van der Waals surface area (Å²) in [5, 5.41) is 3.54. The zero-order valence-electron chi connectivity index (χ0n) is 13.9. The van der Waals surface area contributed by atoms with Gasteiger partial charge in [-0.3, -0.25) is 0 Å². The van der Waals surface area contributed by atoms with Gasteiger partial charge in [-0.2, -0.15) is 0 Å². The molecule has 2 rings (SSSR count). The number of rotatable bonds is 8. The fourth-order valence-electron chi connectivity index (χ4n) is 3.12. The van der Waals surface area contributed by atoms with Gasteiger partial charge in [0.1, 0.15) is 0 Å². The van der Waals surface area contributed by atoms with Gasteiger partial charge in [-0.15, -0.1) is 0 Å². The summed E-state index contributed by atoms with van der Waals surface area (Å²) in [5.41, 5.74) is 3.04. The topological polar surface area (TPSA) is 15.3 Å². The number of anilines is 1. The van der Waals surface area contributed by atoms with Crippen molar-refractivity contribution < 1.29 is 0 Å². The van der Waals surface area contributed by atoms with Crippen LogP contribution in [0.3, 0.4) is 0 Å². The Bertz CT molecular complexity index is 400. The maximum atomic E-state index is 3.54. The Morgan fingerprint density at radius 2 is 1.95 bits per heavy atom. The van der Waals surface area contributed by atoms with E-state index in [0.717, 1.165) is 12.5 Å². The van der Waals surface area contributed by atoms with Gasteiger partial charge in [-0.1, -0.05) is 38.5 Å². The Hall–Kier alpha value is -1.02. The van der Waals surface area contributed by atoms with E-state index in [-0.39, 0.29) is 0 Å². The zero-order chi connectivity index (χ0) is 14.9. The number of nitrogens with one attached hydrogen (secondary N) is 1. The summed E-state index contributed by atoms with van der Waals surface area (Å²) in [6, 6.07) is 8.99. The van der Waals surface area contributed by atoms with Crippen molar-refractivity contribution in [3.8, 4) is 0 Å². The van der Waals surface area contributed by atoms with Crippen molar-refractivity contribution in [2.24, 2.45) is 5.92 Å². The molecule has 0 aliphatic carbocycles. The number of aryl methyl sites for hydroxylation is 1. The molecule has 1 aliphatic rings. The predicted molar refractivity (Wildman–Crippen MR) is 93.2 cm³/mol. The maximum Gasteiger partial charge on any atom is 0.0398 e. The van der Waals surface area contributed by atoms with Gasteiger partial charge < -0.3 is 10.2 Å². The molecular weight excluding hydrogens is 256 g/mol. The summed E-state index contributed by atoms with van der Waals surface area (Å²) < 4.78 is 0. The predicted octanol–water partition coefficient (Wildman–Crippen LogP) is 4.25. The van der Waals surface area contributed by atoms with Crippen LogP contribution in [0.5, 0.6) is 0 Å². The standard InChI is InChI=1S/C19H32N2/c1-17(2)16-20-13-7-3-8-14-21-15-9-6-11-18-10-4-5-12-19(18)21/h4-5,10,12,17,20H,3,6-9,11,13-16H2,1-2H3. The van der Waals surface area contributed by atoms with Crippen LogP contribution in [0.15, 0.2) is 24.3 Å². The highest BCUT2D eigenvalue weighted by molar-refractivity contribution is 5.54. The number of benzene rings is 1. The number of hydrogen-bond acceptors (Lipinski definition) is 2. The molecule has 0 unspecified atom stereocenters. The van der Waals surface area contributed by atoms with Gasteiger partial charge in [0, 0.05) is 18.8 Å². The highest BCUT2D eigenvalue weighted by Crippen LogP contribution is 2.26. The van der Waals surface area contributed by atoms with Crippen molar-refractivity contribution in [3.63, 3.8) is 0 Å². The molecule has 0 spiro atoms. The van der Waals surface area contributed by atoms with E-state index in [0.29, 0.717) is 0 Å². The van der Waals surface area contributed by atoms with Gasteiger partial charge in [-0.05, 0) is 62.7 Å². The molecule has 0 saturated heterocycles. The molecule has 0 radical (unpaired) electrons. The zero-order valence-corrected chi connectivity index (χ0v) is 13.9. The molecule has 2 heteroatoms. The van der Waals surface area contributed by atoms with E-state index in [1.807, 2.05) is 0 Å². The summed E-state index contributed by atoms with van der Waals surface area (Å²) in [4.78, 5) is 2.61. The first-order valence-corrected chi connectivity index (χ1v) is 8.81. The second kappa shape index (κ2) is 9.09. The van der Waals surface area contributed by atoms with Gasteiger partial charge in [0.25, 0.3) is 0 Å². The molecule has 118 valence electrons. The van der Waals surface area contributed by atoms with Crippen molar-refractivity contribution in [2.75, 3.05) is 31.1 Å². The van der Waals surface area contributed by atoms with E-state index in [4.69, 9.17) is 0 Å². The summed E-state index contributed by atoms with van der Waals surface area (Å²) in [7, 11) is 0. The lowest BCUT2D eigenvalue weighted by Crippen LogP contribution is -2.25. The SMILES string of the molecule is CC(C)CNCCCCCN1CCCCc2ccccc21. The second-order valence-electron chi connectivity index (χ2n) is 6.73. The molecule has 0 bridgehead atoms. The van der Waals surface area contributed by atoms with Crippen LogP contribution in [-0.2, 0) is 6.42 Å². The number of hydrogen-bond donors (Lipinski definition) is 1. The van der Waals surface area contributed by atoms with Gasteiger partial charge in [-0.25, -0.2) is 0 Å². The van der Waals surface area contributed by atoms with Crippen molar-refractivity contribution >= 4 is 5.69 Å². The molecule has 1 aliphatic heterocycles. The fraction of sp³-hybridized carbons (Fsp3) is 0.684. The largest absolute Gasteiger partial charge is 0.371 e. The average Bonchev–Trinajstić information content (AvgIpc) is 2.68. The van der Waals surface area contributed by atoms with Gasteiger partial charge in [0.05, 0.1) is 0 Å². The van der Waals surface area contributed by atoms with Crippen LogP contribution in [0, 0.1) is 5.92 Å². The van der Waals surface area contributed by atoms with Crippen LogP contribution in [-0.4, -0.2) is 26.2 Å². The number of nitrogens with zero attached hydrogens (tertiary/aromatic N) is 1. The third kappa shape index (κ3) is 5.70. The highest BCUT2D eigenvalue weighted by Gasteiger charge is 2.13. The lowest BCUT2D eigenvalue weighted by molar-refractivity contribution is 0.529. The summed E-state index contributed by atoms with van der Waals surface area (Å²) in [5.74, 6) is 0.763. The first-order valence-electron chi connectivity index (χ1n) is 8.81. The molecule has 1 aromatic rings. The van der Waals surface area contributed by atoms with E-state index < -0.39 is 0 Å². The molecule has 0 aromatic heterocycles. The van der Waals surface area contributed by atoms with E-state index >= 15 is 0 Å². The maximum absolute atomic E-state index is 3.54. The smallest absolute Gasteiger partial charge is 0.0398 e. The van der Waals surface area contributed by atoms with E-state index in [1.165, 1.54) is 63.8 Å². The second-order valence-corrected chi connectivity index (χ2v) is 6.73. The van der Waals surface area contributed by atoms with E-state index in [9.17, 15) is 0 Å². The Labute approximate surface area is 130 Å². The fourth-order valence-corrected chi connectivity index (χ4v) is 3.12. The first kappa shape index (κ1) is 16.4. The van der Waals surface area contributed by atoms with Crippen molar-refractivity contribution in [1.82, 2.24) is 5.32 Å². The lowest BCUT2D eigenvalue weighted by atomic mass is 10.1. The van der Waals surface area contributed by atoms with Crippen LogP contribution in [0.1, 0.15) is 51.5 Å². The molecular formula is C19H32N2. The summed E-state index contributed by atoms with van der Waals surface area (Å²) >= 11 is 0. The molecule has 0 saturated carbocycles. The van der Waals surface area contributed by atoms with Gasteiger partial charge in [0.15, 0.2) is 0 Å². The van der Waals surface area contributed by atoms with E-state index in [2.05, 4.69) is 48.3 Å². The molecule has 1 heterocycles. The van der Waals surface area contributed by atoms with Crippen LogP contribution in [0.4, 0.5) is 5.69 Å². The first-order chi connectivity index (χ1) is 10.3.